The summed E-state index contributed by atoms with van der Waals surface area (Å²) in [4.78, 5) is 15.3. The number of amides is 2. The van der Waals surface area contributed by atoms with Gasteiger partial charge in [-0.05, 0) is 39.8 Å². The van der Waals surface area contributed by atoms with E-state index in [1.807, 2.05) is 20.8 Å². The number of carbonyl (C=O) groups excluding carboxylic acids is 1. The molecule has 0 bridgehead atoms. The number of nitrogens with one attached hydrogen (secondary N) is 1. The Labute approximate surface area is 94.4 Å². The fourth-order valence-electron chi connectivity index (χ4n) is 1.13. The van der Waals surface area contributed by atoms with E-state index in [1.54, 1.807) is 19.1 Å². The van der Waals surface area contributed by atoms with E-state index < -0.39 is 0 Å². The molecule has 0 aliphatic carbocycles. The number of carbonyl (C=O) groups is 1. The van der Waals surface area contributed by atoms with Gasteiger partial charge < -0.3 is 10.5 Å². The van der Waals surface area contributed by atoms with Crippen molar-refractivity contribution in [1.82, 2.24) is 10.0 Å². The summed E-state index contributed by atoms with van der Waals surface area (Å²) in [6.45, 7) is 7.38. The van der Waals surface area contributed by atoms with Gasteiger partial charge in [0.2, 0.25) is 0 Å². The van der Waals surface area contributed by atoms with Crippen LogP contribution in [0.25, 0.3) is 0 Å². The predicted molar refractivity (Wildman–Crippen MR) is 60.2 cm³/mol. The molecule has 16 heavy (non-hydrogen) atoms. The van der Waals surface area contributed by atoms with Crippen LogP contribution in [0.3, 0.4) is 0 Å². The second-order valence-corrected chi connectivity index (χ2v) is 4.66. The number of pyridine rings is 1. The zero-order chi connectivity index (χ0) is 12.3. The second-order valence-electron chi connectivity index (χ2n) is 4.66. The Hall–Kier alpha value is -1.78. The lowest BCUT2D eigenvalue weighted by atomic mass is 10.1. The fraction of sp³-hybridized carbons (Fsp3) is 0.455. The first-order valence-electron chi connectivity index (χ1n) is 5.03. The number of hydrogen-bond acceptors (Lipinski definition) is 2. The molecule has 0 aromatic carbocycles. The van der Waals surface area contributed by atoms with Crippen LogP contribution >= 0.6 is 0 Å². The van der Waals surface area contributed by atoms with Crippen LogP contribution in [0.15, 0.2) is 23.3 Å². The Kier molecular flexibility index (Phi) is 3.37. The van der Waals surface area contributed by atoms with Crippen LogP contribution in [0, 0.1) is 6.92 Å². The average Bonchev–Trinajstić information content (AvgIpc) is 2.08. The van der Waals surface area contributed by atoms with Crippen LogP contribution in [-0.2, 0) is 0 Å². The third-order valence-corrected chi connectivity index (χ3v) is 1.82. The van der Waals surface area contributed by atoms with Crippen LogP contribution in [0.5, 0.6) is 0 Å². The molecule has 1 aromatic heterocycles. The minimum atomic E-state index is -0.386. The molecule has 1 rings (SSSR count). The largest absolute Gasteiger partial charge is 0.429 e. The fourth-order valence-corrected chi connectivity index (χ4v) is 1.13. The Bertz CT molecular complexity index is 455. The quantitative estimate of drug-likeness (QED) is 0.653. The molecule has 0 unspecified atom stereocenters. The van der Waals surface area contributed by atoms with Crippen LogP contribution in [0.2, 0.25) is 0 Å². The maximum absolute atomic E-state index is 11.5. The van der Waals surface area contributed by atoms with E-state index in [9.17, 15) is 10.0 Å². The van der Waals surface area contributed by atoms with Gasteiger partial charge in [0.1, 0.15) is 0 Å². The maximum atomic E-state index is 11.5. The molecule has 88 valence electrons. The maximum Gasteiger partial charge on any atom is 0.341 e. The van der Waals surface area contributed by atoms with E-state index in [4.69, 9.17) is 0 Å². The first kappa shape index (κ1) is 12.3. The van der Waals surface area contributed by atoms with E-state index in [1.165, 1.54) is 6.20 Å². The van der Waals surface area contributed by atoms with Crippen molar-refractivity contribution in [3.8, 4) is 0 Å². The predicted octanol–water partition coefficient (Wildman–Crippen LogP) is 1.44. The average molecular weight is 223 g/mol. The van der Waals surface area contributed by atoms with Crippen molar-refractivity contribution in [3.63, 3.8) is 0 Å². The lowest BCUT2D eigenvalue weighted by molar-refractivity contribution is 0.177. The van der Waals surface area contributed by atoms with Crippen molar-refractivity contribution in [2.24, 2.45) is 4.99 Å². The minimum absolute atomic E-state index is 0.304. The van der Waals surface area contributed by atoms with E-state index in [2.05, 4.69) is 10.3 Å². The van der Waals surface area contributed by atoms with Gasteiger partial charge in [-0.1, -0.05) is 0 Å². The monoisotopic (exact) mass is 223 g/mol. The van der Waals surface area contributed by atoms with Gasteiger partial charge >= 0.3 is 6.03 Å². The molecular formula is C11H17N3O2. The molecule has 0 radical (unpaired) electrons. The third-order valence-electron chi connectivity index (χ3n) is 1.82. The van der Waals surface area contributed by atoms with Gasteiger partial charge in [0.15, 0.2) is 0 Å². The summed E-state index contributed by atoms with van der Waals surface area (Å²) in [5, 5.41) is 12.5. The molecule has 5 heteroatoms. The summed E-state index contributed by atoms with van der Waals surface area (Å²) in [7, 11) is 0. The normalized spacial score (nSPS) is 12.6. The zero-order valence-corrected chi connectivity index (χ0v) is 9.98. The Morgan fingerprint density at radius 1 is 1.50 bits per heavy atom. The molecule has 1 aromatic rings. The summed E-state index contributed by atoms with van der Waals surface area (Å²) in [5.74, 6) is 0. The SMILES string of the molecule is Cc1c/c(=N\C(=O)NC(C)(C)C)ccn1O. The molecule has 0 atom stereocenters. The standard InChI is InChI=1S/C11H17N3O2/c1-8-7-9(5-6-14(8)16)12-10(15)13-11(2,3)4/h5-7,16H,1-4H3,(H,13,15)/b12-9-. The van der Waals surface area contributed by atoms with Crippen molar-refractivity contribution < 1.29 is 10.0 Å². The Balaban J connectivity index is 2.92. The molecule has 0 spiro atoms. The number of hydrogen-bond donors (Lipinski definition) is 2. The summed E-state index contributed by atoms with van der Waals surface area (Å²) in [6.07, 6.45) is 1.44. The van der Waals surface area contributed by atoms with Gasteiger partial charge in [-0.15, -0.1) is 0 Å². The molecular weight excluding hydrogens is 206 g/mol. The van der Waals surface area contributed by atoms with E-state index in [-0.39, 0.29) is 11.6 Å². The van der Waals surface area contributed by atoms with Crippen LogP contribution in [-0.4, -0.2) is 21.5 Å². The lowest BCUT2D eigenvalue weighted by Gasteiger charge is -2.18. The van der Waals surface area contributed by atoms with Crippen molar-refractivity contribution in [2.75, 3.05) is 0 Å². The molecule has 2 amide bonds. The highest BCUT2D eigenvalue weighted by Gasteiger charge is 2.12. The van der Waals surface area contributed by atoms with Crippen LogP contribution in [0.4, 0.5) is 4.79 Å². The molecule has 0 aliphatic heterocycles. The van der Waals surface area contributed by atoms with Crippen LogP contribution < -0.4 is 10.7 Å². The number of aromatic nitrogens is 1. The number of aryl methyl sites for hydroxylation is 1. The van der Waals surface area contributed by atoms with Crippen molar-refractivity contribution >= 4 is 6.03 Å². The highest BCUT2D eigenvalue weighted by Crippen LogP contribution is 1.98. The minimum Gasteiger partial charge on any atom is -0.429 e. The van der Waals surface area contributed by atoms with Gasteiger partial charge in [-0.3, -0.25) is 0 Å². The Morgan fingerprint density at radius 3 is 2.62 bits per heavy atom. The van der Waals surface area contributed by atoms with Crippen molar-refractivity contribution in [1.29, 1.82) is 0 Å². The zero-order valence-electron chi connectivity index (χ0n) is 9.98. The second kappa shape index (κ2) is 4.38. The van der Waals surface area contributed by atoms with E-state index in [0.29, 0.717) is 11.1 Å². The first-order chi connectivity index (χ1) is 7.28. The van der Waals surface area contributed by atoms with Crippen LogP contribution in [0.1, 0.15) is 26.5 Å². The number of urea groups is 1. The highest BCUT2D eigenvalue weighted by atomic mass is 16.5. The summed E-state index contributed by atoms with van der Waals surface area (Å²) >= 11 is 0. The molecule has 0 saturated heterocycles. The van der Waals surface area contributed by atoms with Gasteiger partial charge in [0.05, 0.1) is 11.1 Å². The first-order valence-corrected chi connectivity index (χ1v) is 5.03. The summed E-state index contributed by atoms with van der Waals surface area (Å²) in [5.41, 5.74) is 0.311. The van der Waals surface area contributed by atoms with Gasteiger partial charge in [-0.2, -0.15) is 9.72 Å². The highest BCUT2D eigenvalue weighted by molar-refractivity contribution is 5.75. The molecule has 1 heterocycles. The smallest absolute Gasteiger partial charge is 0.341 e. The van der Waals surface area contributed by atoms with Crippen molar-refractivity contribution in [3.05, 3.63) is 29.4 Å². The van der Waals surface area contributed by atoms with E-state index in [0.717, 1.165) is 4.73 Å². The Morgan fingerprint density at radius 2 is 2.12 bits per heavy atom. The lowest BCUT2D eigenvalue weighted by Crippen LogP contribution is -2.39. The summed E-state index contributed by atoms with van der Waals surface area (Å²) < 4.78 is 0.973. The number of nitrogens with zero attached hydrogens (tertiary/aromatic N) is 2. The molecule has 0 aliphatic rings. The van der Waals surface area contributed by atoms with Crippen molar-refractivity contribution in [2.45, 2.75) is 33.2 Å². The molecule has 0 fully saturated rings. The topological polar surface area (TPSA) is 66.6 Å². The van der Waals surface area contributed by atoms with E-state index >= 15 is 0 Å². The summed E-state index contributed by atoms with van der Waals surface area (Å²) in [6, 6.07) is 2.81. The molecule has 0 saturated carbocycles. The van der Waals surface area contributed by atoms with Gasteiger partial charge in [-0.25, -0.2) is 4.79 Å². The van der Waals surface area contributed by atoms with Gasteiger partial charge in [0.25, 0.3) is 0 Å². The molecule has 2 N–H and O–H groups in total. The number of rotatable bonds is 0. The van der Waals surface area contributed by atoms with Gasteiger partial charge in [0, 0.05) is 11.7 Å². The molecule has 5 nitrogen and oxygen atoms in total. The third kappa shape index (κ3) is 3.76.